The Kier molecular flexibility index (Phi) is 5.41. The van der Waals surface area contributed by atoms with E-state index in [1.54, 1.807) is 19.9 Å². The van der Waals surface area contributed by atoms with Crippen molar-refractivity contribution in [3.63, 3.8) is 0 Å². The van der Waals surface area contributed by atoms with Gasteiger partial charge in [-0.1, -0.05) is 30.3 Å². The standard InChI is InChI=1S/C26H24N4O2/c1-15-12-16(2)28-26(32)24(15)29-25(31)23-18(4)30(22-11-6-5-10-21(22)23)17(3)20-9-7-8-19(13-20)14-27/h5-13,17H,1-4H3,(H,28,32)(H,29,31). The summed E-state index contributed by atoms with van der Waals surface area (Å²) in [7, 11) is 0. The summed E-state index contributed by atoms with van der Waals surface area (Å²) in [6.07, 6.45) is 0. The first-order valence-electron chi connectivity index (χ1n) is 10.4. The molecule has 0 aliphatic rings. The maximum absolute atomic E-state index is 13.4. The van der Waals surface area contributed by atoms with Crippen molar-refractivity contribution in [2.45, 2.75) is 33.7 Å². The van der Waals surface area contributed by atoms with Gasteiger partial charge in [-0.05, 0) is 63.1 Å². The number of benzene rings is 2. The highest BCUT2D eigenvalue weighted by Gasteiger charge is 2.24. The van der Waals surface area contributed by atoms with Crippen LogP contribution in [0.2, 0.25) is 0 Å². The van der Waals surface area contributed by atoms with E-state index in [0.717, 1.165) is 27.9 Å². The second kappa shape index (κ2) is 8.20. The molecule has 1 unspecified atom stereocenters. The van der Waals surface area contributed by atoms with Crippen LogP contribution in [-0.2, 0) is 0 Å². The van der Waals surface area contributed by atoms with E-state index in [-0.39, 0.29) is 23.2 Å². The lowest BCUT2D eigenvalue weighted by atomic mass is 10.1. The number of rotatable bonds is 4. The fraction of sp³-hybridized carbons (Fsp3) is 0.192. The highest BCUT2D eigenvalue weighted by Crippen LogP contribution is 2.32. The molecule has 0 aliphatic carbocycles. The van der Waals surface area contributed by atoms with Crippen molar-refractivity contribution < 1.29 is 4.79 Å². The van der Waals surface area contributed by atoms with Crippen molar-refractivity contribution in [1.29, 1.82) is 5.26 Å². The molecule has 0 saturated carbocycles. The number of anilines is 1. The molecule has 2 N–H and O–H groups in total. The molecule has 6 heteroatoms. The van der Waals surface area contributed by atoms with Crippen LogP contribution in [0.15, 0.2) is 59.4 Å². The molecule has 32 heavy (non-hydrogen) atoms. The van der Waals surface area contributed by atoms with E-state index in [1.807, 2.05) is 62.4 Å². The fourth-order valence-electron chi connectivity index (χ4n) is 4.38. The van der Waals surface area contributed by atoms with Crippen LogP contribution >= 0.6 is 0 Å². The number of para-hydroxylation sites is 1. The average Bonchev–Trinajstić information content (AvgIpc) is 3.07. The second-order valence-corrected chi connectivity index (χ2v) is 8.05. The number of aryl methyl sites for hydroxylation is 2. The molecule has 0 fully saturated rings. The van der Waals surface area contributed by atoms with Crippen LogP contribution in [0.25, 0.3) is 10.9 Å². The molecular formula is C26H24N4O2. The van der Waals surface area contributed by atoms with Crippen molar-refractivity contribution in [2.75, 3.05) is 5.32 Å². The van der Waals surface area contributed by atoms with Crippen molar-refractivity contribution >= 4 is 22.5 Å². The molecule has 6 nitrogen and oxygen atoms in total. The summed E-state index contributed by atoms with van der Waals surface area (Å²) >= 11 is 0. The van der Waals surface area contributed by atoms with E-state index >= 15 is 0 Å². The number of carbonyl (C=O) groups is 1. The first-order valence-corrected chi connectivity index (χ1v) is 10.4. The number of hydrogen-bond donors (Lipinski definition) is 2. The van der Waals surface area contributed by atoms with Crippen molar-refractivity contribution in [3.05, 3.63) is 98.6 Å². The minimum Gasteiger partial charge on any atom is -0.337 e. The Bertz CT molecular complexity index is 1450. The van der Waals surface area contributed by atoms with E-state index < -0.39 is 0 Å². The summed E-state index contributed by atoms with van der Waals surface area (Å²) < 4.78 is 2.10. The predicted octanol–water partition coefficient (Wildman–Crippen LogP) is 4.99. The van der Waals surface area contributed by atoms with Crippen LogP contribution in [0.1, 0.15) is 51.4 Å². The number of nitriles is 1. The highest BCUT2D eigenvalue weighted by molar-refractivity contribution is 6.14. The minimum absolute atomic E-state index is 0.0979. The molecule has 2 aromatic carbocycles. The molecule has 4 aromatic rings. The number of amides is 1. The monoisotopic (exact) mass is 424 g/mol. The summed E-state index contributed by atoms with van der Waals surface area (Å²) in [4.78, 5) is 28.6. The summed E-state index contributed by atoms with van der Waals surface area (Å²) in [6.45, 7) is 7.57. The lowest BCUT2D eigenvalue weighted by Crippen LogP contribution is -2.22. The lowest BCUT2D eigenvalue weighted by Gasteiger charge is -2.18. The molecular weight excluding hydrogens is 400 g/mol. The zero-order chi connectivity index (χ0) is 23.0. The number of aromatic nitrogens is 2. The van der Waals surface area contributed by atoms with Gasteiger partial charge in [-0.2, -0.15) is 5.26 Å². The van der Waals surface area contributed by atoms with Gasteiger partial charge in [0.25, 0.3) is 11.5 Å². The molecule has 2 aromatic heterocycles. The quantitative estimate of drug-likeness (QED) is 0.484. The van der Waals surface area contributed by atoms with Gasteiger partial charge in [-0.25, -0.2) is 0 Å². The normalized spacial score (nSPS) is 11.8. The van der Waals surface area contributed by atoms with Gasteiger partial charge in [0.1, 0.15) is 5.69 Å². The van der Waals surface area contributed by atoms with Gasteiger partial charge in [-0.3, -0.25) is 9.59 Å². The van der Waals surface area contributed by atoms with Gasteiger partial charge in [0.2, 0.25) is 0 Å². The average molecular weight is 425 g/mol. The van der Waals surface area contributed by atoms with E-state index in [1.165, 1.54) is 0 Å². The number of aromatic amines is 1. The van der Waals surface area contributed by atoms with Crippen molar-refractivity contribution in [3.8, 4) is 6.07 Å². The highest BCUT2D eigenvalue weighted by atomic mass is 16.2. The SMILES string of the molecule is Cc1cc(C)c(NC(=O)c2c(C)n(C(C)c3cccc(C#N)c3)c3ccccc23)c(=O)[nH]1. The largest absolute Gasteiger partial charge is 0.337 e. The molecule has 0 aliphatic heterocycles. The number of pyridine rings is 1. The van der Waals surface area contributed by atoms with E-state index in [2.05, 4.69) is 20.9 Å². The molecule has 0 saturated heterocycles. The third kappa shape index (κ3) is 3.58. The Balaban J connectivity index is 1.84. The molecule has 1 amide bonds. The summed E-state index contributed by atoms with van der Waals surface area (Å²) in [5.74, 6) is -0.326. The lowest BCUT2D eigenvalue weighted by molar-refractivity contribution is 0.102. The first-order chi connectivity index (χ1) is 15.3. The maximum atomic E-state index is 13.4. The van der Waals surface area contributed by atoms with Gasteiger partial charge < -0.3 is 14.9 Å². The summed E-state index contributed by atoms with van der Waals surface area (Å²) in [6, 6.07) is 19.1. The van der Waals surface area contributed by atoms with Crippen molar-refractivity contribution in [2.24, 2.45) is 0 Å². The number of carbonyl (C=O) groups excluding carboxylic acids is 1. The maximum Gasteiger partial charge on any atom is 0.272 e. The number of fused-ring (bicyclic) bond motifs is 1. The minimum atomic E-state index is -0.326. The Labute approximate surface area is 186 Å². The molecule has 0 spiro atoms. The van der Waals surface area contributed by atoms with E-state index in [4.69, 9.17) is 0 Å². The number of H-pyrrole nitrogens is 1. The molecule has 4 rings (SSSR count). The van der Waals surface area contributed by atoms with Crippen LogP contribution in [0, 0.1) is 32.1 Å². The Morgan fingerprint density at radius 3 is 2.56 bits per heavy atom. The van der Waals surface area contributed by atoms with Crippen LogP contribution in [0.4, 0.5) is 5.69 Å². The van der Waals surface area contributed by atoms with Gasteiger partial charge >= 0.3 is 0 Å². The smallest absolute Gasteiger partial charge is 0.272 e. The topological polar surface area (TPSA) is 90.7 Å². The Hall–Kier alpha value is -4.11. The zero-order valence-corrected chi connectivity index (χ0v) is 18.5. The molecule has 2 heterocycles. The van der Waals surface area contributed by atoms with E-state index in [0.29, 0.717) is 16.7 Å². The number of nitrogens with one attached hydrogen (secondary N) is 2. The Morgan fingerprint density at radius 2 is 1.84 bits per heavy atom. The predicted molar refractivity (Wildman–Crippen MR) is 126 cm³/mol. The molecule has 1 atom stereocenters. The van der Waals surface area contributed by atoms with Gasteiger partial charge in [0.15, 0.2) is 0 Å². The van der Waals surface area contributed by atoms with Crippen LogP contribution in [-0.4, -0.2) is 15.5 Å². The summed E-state index contributed by atoms with van der Waals surface area (Å²) in [5, 5.41) is 12.9. The van der Waals surface area contributed by atoms with Crippen LogP contribution < -0.4 is 10.9 Å². The second-order valence-electron chi connectivity index (χ2n) is 8.05. The van der Waals surface area contributed by atoms with Gasteiger partial charge in [-0.15, -0.1) is 0 Å². The molecule has 160 valence electrons. The van der Waals surface area contributed by atoms with E-state index in [9.17, 15) is 14.9 Å². The molecule has 0 radical (unpaired) electrons. The number of nitrogens with zero attached hydrogens (tertiary/aromatic N) is 2. The zero-order valence-electron chi connectivity index (χ0n) is 18.5. The Morgan fingerprint density at radius 1 is 1.09 bits per heavy atom. The third-order valence-electron chi connectivity index (χ3n) is 5.87. The van der Waals surface area contributed by atoms with Crippen LogP contribution in [0.5, 0.6) is 0 Å². The third-order valence-corrected chi connectivity index (χ3v) is 5.87. The van der Waals surface area contributed by atoms with Crippen molar-refractivity contribution in [1.82, 2.24) is 9.55 Å². The molecule has 0 bridgehead atoms. The summed E-state index contributed by atoms with van der Waals surface area (Å²) in [5.41, 5.74) is 5.20. The van der Waals surface area contributed by atoms with Gasteiger partial charge in [0, 0.05) is 22.3 Å². The fourth-order valence-corrected chi connectivity index (χ4v) is 4.38. The van der Waals surface area contributed by atoms with Gasteiger partial charge in [0.05, 0.1) is 23.2 Å². The number of hydrogen-bond acceptors (Lipinski definition) is 3. The first kappa shape index (κ1) is 21.1. The van der Waals surface area contributed by atoms with Crippen LogP contribution in [0.3, 0.4) is 0 Å².